The van der Waals surface area contributed by atoms with Crippen LogP contribution in [0.25, 0.3) is 0 Å². The van der Waals surface area contributed by atoms with Gasteiger partial charge >= 0.3 is 0 Å². The number of hydrogen-bond donors (Lipinski definition) is 0. The molecule has 0 unspecified atom stereocenters. The van der Waals surface area contributed by atoms with Crippen LogP contribution in [-0.2, 0) is 4.79 Å². The summed E-state index contributed by atoms with van der Waals surface area (Å²) in [6, 6.07) is 0. The average molecular weight is 194 g/mol. The first kappa shape index (κ1) is 8.93. The van der Waals surface area contributed by atoms with Crippen LogP contribution in [0.15, 0.2) is 10.7 Å². The molecule has 0 aliphatic carbocycles. The maximum atomic E-state index is 11.7. The van der Waals surface area contributed by atoms with Gasteiger partial charge < -0.3 is 4.52 Å². The van der Waals surface area contributed by atoms with E-state index < -0.39 is 0 Å². The molecule has 0 N–H and O–H groups in total. The third kappa shape index (κ3) is 1.30. The first-order valence-corrected chi connectivity index (χ1v) is 4.46. The first-order valence-electron chi connectivity index (χ1n) is 4.46. The van der Waals surface area contributed by atoms with Gasteiger partial charge in [0.15, 0.2) is 0 Å². The van der Waals surface area contributed by atoms with Crippen LogP contribution < -0.4 is 0 Å². The molecular formula is C9H10N2O3. The van der Waals surface area contributed by atoms with Gasteiger partial charge in [0.05, 0.1) is 6.20 Å². The van der Waals surface area contributed by atoms with Gasteiger partial charge in [-0.25, -0.2) is 0 Å². The molecule has 5 heteroatoms. The number of aryl methyl sites for hydroxylation is 1. The van der Waals surface area contributed by atoms with Gasteiger partial charge in [0.25, 0.3) is 5.91 Å². The summed E-state index contributed by atoms with van der Waals surface area (Å²) < 4.78 is 4.77. The van der Waals surface area contributed by atoms with Gasteiger partial charge in [0.1, 0.15) is 11.3 Å². The van der Waals surface area contributed by atoms with Crippen molar-refractivity contribution >= 4 is 11.8 Å². The zero-order chi connectivity index (χ0) is 10.1. The van der Waals surface area contributed by atoms with E-state index in [1.807, 2.05) is 0 Å². The summed E-state index contributed by atoms with van der Waals surface area (Å²) in [5, 5.41) is 3.51. The molecule has 1 saturated heterocycles. The first-order chi connectivity index (χ1) is 6.70. The molecule has 2 amide bonds. The summed E-state index contributed by atoms with van der Waals surface area (Å²) in [6.45, 7) is 2.16. The lowest BCUT2D eigenvalue weighted by molar-refractivity contribution is -0.125. The van der Waals surface area contributed by atoms with Crippen LogP contribution in [0.5, 0.6) is 0 Å². The van der Waals surface area contributed by atoms with E-state index in [0.29, 0.717) is 24.3 Å². The Hall–Kier alpha value is -1.65. The van der Waals surface area contributed by atoms with E-state index in [1.54, 1.807) is 6.92 Å². The lowest BCUT2D eigenvalue weighted by atomic mass is 10.2. The maximum Gasteiger partial charge on any atom is 0.265 e. The SMILES string of the molecule is Cc1oncc1C(=O)N1CCCC1=O. The molecule has 2 heterocycles. The van der Waals surface area contributed by atoms with Gasteiger partial charge in [0, 0.05) is 13.0 Å². The number of amides is 2. The molecule has 0 aromatic carbocycles. The van der Waals surface area contributed by atoms with Crippen molar-refractivity contribution in [2.75, 3.05) is 6.54 Å². The molecule has 0 saturated carbocycles. The Labute approximate surface area is 80.7 Å². The molecule has 74 valence electrons. The summed E-state index contributed by atoms with van der Waals surface area (Å²) in [7, 11) is 0. The van der Waals surface area contributed by atoms with E-state index in [0.717, 1.165) is 6.42 Å². The zero-order valence-corrected chi connectivity index (χ0v) is 7.82. The molecule has 1 aromatic rings. The number of rotatable bonds is 1. The fraction of sp³-hybridized carbons (Fsp3) is 0.444. The predicted molar refractivity (Wildman–Crippen MR) is 46.5 cm³/mol. The molecule has 0 bridgehead atoms. The Morgan fingerprint density at radius 2 is 2.43 bits per heavy atom. The van der Waals surface area contributed by atoms with Crippen LogP contribution in [-0.4, -0.2) is 28.4 Å². The van der Waals surface area contributed by atoms with Crippen molar-refractivity contribution in [2.24, 2.45) is 0 Å². The average Bonchev–Trinajstić information content (AvgIpc) is 2.73. The lowest BCUT2D eigenvalue weighted by Gasteiger charge is -2.11. The fourth-order valence-electron chi connectivity index (χ4n) is 1.51. The van der Waals surface area contributed by atoms with Crippen LogP contribution in [0.2, 0.25) is 0 Å². The molecule has 14 heavy (non-hydrogen) atoms. The van der Waals surface area contributed by atoms with Crippen molar-refractivity contribution in [3.05, 3.63) is 17.5 Å². The second-order valence-electron chi connectivity index (χ2n) is 3.25. The predicted octanol–water partition coefficient (Wildman–Crippen LogP) is 0.746. The van der Waals surface area contributed by atoms with Gasteiger partial charge in [0.2, 0.25) is 5.91 Å². The van der Waals surface area contributed by atoms with Gasteiger partial charge in [-0.3, -0.25) is 14.5 Å². The Morgan fingerprint density at radius 1 is 1.64 bits per heavy atom. The third-order valence-corrected chi connectivity index (χ3v) is 2.30. The number of nitrogens with zero attached hydrogens (tertiary/aromatic N) is 2. The lowest BCUT2D eigenvalue weighted by Crippen LogP contribution is -2.31. The van der Waals surface area contributed by atoms with Crippen molar-refractivity contribution in [3.8, 4) is 0 Å². The van der Waals surface area contributed by atoms with Crippen LogP contribution in [0.4, 0.5) is 0 Å². The second kappa shape index (κ2) is 3.25. The Balaban J connectivity index is 2.24. The Morgan fingerprint density at radius 3 is 2.93 bits per heavy atom. The highest BCUT2D eigenvalue weighted by molar-refractivity contribution is 6.05. The summed E-state index contributed by atoms with van der Waals surface area (Å²) in [5.74, 6) is 0.0385. The molecule has 0 spiro atoms. The molecular weight excluding hydrogens is 184 g/mol. The van der Waals surface area contributed by atoms with E-state index in [-0.39, 0.29) is 11.8 Å². The van der Waals surface area contributed by atoms with E-state index in [4.69, 9.17) is 4.52 Å². The quantitative estimate of drug-likeness (QED) is 0.619. The highest BCUT2D eigenvalue weighted by Crippen LogP contribution is 2.16. The number of aromatic nitrogens is 1. The highest BCUT2D eigenvalue weighted by atomic mass is 16.5. The Bertz CT molecular complexity index is 383. The number of likely N-dealkylation sites (tertiary alicyclic amines) is 1. The maximum absolute atomic E-state index is 11.7. The van der Waals surface area contributed by atoms with Crippen molar-refractivity contribution < 1.29 is 14.1 Å². The molecule has 2 rings (SSSR count). The molecule has 5 nitrogen and oxygen atoms in total. The standard InChI is InChI=1S/C9H10N2O3/c1-6-7(5-10-14-6)9(13)11-4-2-3-8(11)12/h5H,2-4H2,1H3. The second-order valence-corrected chi connectivity index (χ2v) is 3.25. The van der Waals surface area contributed by atoms with Crippen molar-refractivity contribution in [1.29, 1.82) is 0 Å². The monoisotopic (exact) mass is 194 g/mol. The van der Waals surface area contributed by atoms with Gasteiger partial charge in [-0.1, -0.05) is 5.16 Å². The zero-order valence-electron chi connectivity index (χ0n) is 7.82. The van der Waals surface area contributed by atoms with Crippen LogP contribution in [0.1, 0.15) is 29.0 Å². The molecule has 1 aliphatic rings. The molecule has 1 aliphatic heterocycles. The van der Waals surface area contributed by atoms with E-state index >= 15 is 0 Å². The van der Waals surface area contributed by atoms with Gasteiger partial charge in [-0.05, 0) is 13.3 Å². The van der Waals surface area contributed by atoms with E-state index in [9.17, 15) is 9.59 Å². The summed E-state index contributed by atoms with van der Waals surface area (Å²) in [4.78, 5) is 24.3. The molecule has 1 aromatic heterocycles. The molecule has 0 radical (unpaired) electrons. The topological polar surface area (TPSA) is 63.4 Å². The normalized spacial score (nSPS) is 16.4. The Kier molecular flexibility index (Phi) is 2.07. The summed E-state index contributed by atoms with van der Waals surface area (Å²) in [6.07, 6.45) is 2.55. The number of carbonyl (C=O) groups excluding carboxylic acids is 2. The summed E-state index contributed by atoms with van der Waals surface area (Å²) >= 11 is 0. The largest absolute Gasteiger partial charge is 0.361 e. The number of carbonyl (C=O) groups is 2. The van der Waals surface area contributed by atoms with Gasteiger partial charge in [-0.2, -0.15) is 0 Å². The van der Waals surface area contributed by atoms with Crippen molar-refractivity contribution in [1.82, 2.24) is 10.1 Å². The van der Waals surface area contributed by atoms with Crippen LogP contribution in [0, 0.1) is 6.92 Å². The van der Waals surface area contributed by atoms with Gasteiger partial charge in [-0.15, -0.1) is 0 Å². The summed E-state index contributed by atoms with van der Waals surface area (Å²) in [5.41, 5.74) is 0.375. The molecule has 1 fully saturated rings. The highest BCUT2D eigenvalue weighted by Gasteiger charge is 2.29. The van der Waals surface area contributed by atoms with Crippen molar-refractivity contribution in [3.63, 3.8) is 0 Å². The minimum absolute atomic E-state index is 0.115. The number of hydrogen-bond acceptors (Lipinski definition) is 4. The minimum atomic E-state index is -0.300. The van der Waals surface area contributed by atoms with E-state index in [2.05, 4.69) is 5.16 Å². The third-order valence-electron chi connectivity index (χ3n) is 2.30. The van der Waals surface area contributed by atoms with Crippen molar-refractivity contribution in [2.45, 2.75) is 19.8 Å². The minimum Gasteiger partial charge on any atom is -0.361 e. The fourth-order valence-corrected chi connectivity index (χ4v) is 1.51. The number of imide groups is 1. The molecule has 0 atom stereocenters. The smallest absolute Gasteiger partial charge is 0.265 e. The van der Waals surface area contributed by atoms with Crippen LogP contribution in [0.3, 0.4) is 0 Å². The van der Waals surface area contributed by atoms with E-state index in [1.165, 1.54) is 11.1 Å². The van der Waals surface area contributed by atoms with Crippen LogP contribution >= 0.6 is 0 Å².